The van der Waals surface area contributed by atoms with Gasteiger partial charge in [0.2, 0.25) is 0 Å². The third-order valence-electron chi connectivity index (χ3n) is 2.93. The molecule has 1 aliphatic rings. The summed E-state index contributed by atoms with van der Waals surface area (Å²) in [5.41, 5.74) is 1.31. The maximum atomic E-state index is 4.45. The van der Waals surface area contributed by atoms with Gasteiger partial charge in [0.15, 0.2) is 0 Å². The summed E-state index contributed by atoms with van der Waals surface area (Å²) in [6, 6.07) is 8.45. The van der Waals surface area contributed by atoms with Crippen LogP contribution in [0.1, 0.15) is 30.1 Å². The highest BCUT2D eigenvalue weighted by Crippen LogP contribution is 2.39. The molecule has 1 heterocycles. The molecule has 0 atom stereocenters. The van der Waals surface area contributed by atoms with Crippen LogP contribution in [0.15, 0.2) is 41.1 Å². The number of nitrogens with zero attached hydrogens (tertiary/aromatic N) is 2. The van der Waals surface area contributed by atoms with Gasteiger partial charge in [-0.05, 0) is 30.5 Å². The largest absolute Gasteiger partial charge is 0.330 e. The number of halogens is 1. The van der Waals surface area contributed by atoms with Crippen molar-refractivity contribution in [2.75, 3.05) is 0 Å². The SMILES string of the molecule is Brc1cccc(Cn2ccnc2C2CC2)c1. The molecule has 0 radical (unpaired) electrons. The van der Waals surface area contributed by atoms with E-state index in [2.05, 4.69) is 55.9 Å². The number of aromatic nitrogens is 2. The van der Waals surface area contributed by atoms with E-state index in [1.54, 1.807) is 0 Å². The molecule has 2 nitrogen and oxygen atoms in total. The predicted octanol–water partition coefficient (Wildman–Crippen LogP) is 3.57. The minimum absolute atomic E-state index is 0.710. The second kappa shape index (κ2) is 4.06. The van der Waals surface area contributed by atoms with Gasteiger partial charge in [-0.15, -0.1) is 0 Å². The van der Waals surface area contributed by atoms with Crippen molar-refractivity contribution in [3.05, 3.63) is 52.5 Å². The lowest BCUT2D eigenvalue weighted by Crippen LogP contribution is -2.03. The van der Waals surface area contributed by atoms with E-state index >= 15 is 0 Å². The summed E-state index contributed by atoms with van der Waals surface area (Å²) in [7, 11) is 0. The summed E-state index contributed by atoms with van der Waals surface area (Å²) in [5.74, 6) is 1.96. The van der Waals surface area contributed by atoms with Gasteiger partial charge < -0.3 is 4.57 Å². The number of benzene rings is 1. The van der Waals surface area contributed by atoms with Crippen molar-refractivity contribution in [2.45, 2.75) is 25.3 Å². The number of rotatable bonds is 3. The van der Waals surface area contributed by atoms with Crippen LogP contribution in [0.5, 0.6) is 0 Å². The lowest BCUT2D eigenvalue weighted by Gasteiger charge is -2.07. The smallest absolute Gasteiger partial charge is 0.112 e. The number of hydrogen-bond acceptors (Lipinski definition) is 1. The van der Waals surface area contributed by atoms with Crippen LogP contribution in [0.25, 0.3) is 0 Å². The molecule has 1 aromatic heterocycles. The Morgan fingerprint density at radius 3 is 3.00 bits per heavy atom. The van der Waals surface area contributed by atoms with E-state index in [1.807, 2.05) is 6.20 Å². The zero-order chi connectivity index (χ0) is 11.0. The number of hydrogen-bond donors (Lipinski definition) is 0. The van der Waals surface area contributed by atoms with Crippen LogP contribution >= 0.6 is 15.9 Å². The highest BCUT2D eigenvalue weighted by atomic mass is 79.9. The van der Waals surface area contributed by atoms with Crippen LogP contribution in [0, 0.1) is 0 Å². The van der Waals surface area contributed by atoms with E-state index in [-0.39, 0.29) is 0 Å². The van der Waals surface area contributed by atoms with Crippen molar-refractivity contribution < 1.29 is 0 Å². The fourth-order valence-electron chi connectivity index (χ4n) is 1.99. The van der Waals surface area contributed by atoms with Gasteiger partial charge in [0.1, 0.15) is 5.82 Å². The molecular weight excluding hydrogens is 264 g/mol. The van der Waals surface area contributed by atoms with Crippen molar-refractivity contribution in [3.63, 3.8) is 0 Å². The summed E-state index contributed by atoms with van der Waals surface area (Å²) in [6.07, 6.45) is 6.59. The third-order valence-corrected chi connectivity index (χ3v) is 3.43. The van der Waals surface area contributed by atoms with E-state index in [0.29, 0.717) is 5.92 Å². The van der Waals surface area contributed by atoms with Crippen LogP contribution in [0.4, 0.5) is 0 Å². The van der Waals surface area contributed by atoms with Crippen LogP contribution < -0.4 is 0 Å². The highest BCUT2D eigenvalue weighted by Gasteiger charge is 2.27. The molecule has 0 amide bonds. The van der Waals surface area contributed by atoms with Crippen molar-refractivity contribution in [1.82, 2.24) is 9.55 Å². The first-order valence-electron chi connectivity index (χ1n) is 5.58. The molecule has 16 heavy (non-hydrogen) atoms. The molecule has 1 aliphatic carbocycles. The fourth-order valence-corrected chi connectivity index (χ4v) is 2.43. The normalized spacial score (nSPS) is 15.3. The molecule has 1 fully saturated rings. The molecule has 1 aromatic carbocycles. The molecule has 0 aliphatic heterocycles. The molecule has 82 valence electrons. The topological polar surface area (TPSA) is 17.8 Å². The summed E-state index contributed by atoms with van der Waals surface area (Å²) in [6.45, 7) is 0.922. The summed E-state index contributed by atoms with van der Waals surface area (Å²) >= 11 is 3.50. The summed E-state index contributed by atoms with van der Waals surface area (Å²) < 4.78 is 3.40. The molecule has 3 heteroatoms. The quantitative estimate of drug-likeness (QED) is 0.838. The summed E-state index contributed by atoms with van der Waals surface area (Å²) in [4.78, 5) is 4.45. The first-order chi connectivity index (χ1) is 7.83. The van der Waals surface area contributed by atoms with E-state index in [1.165, 1.54) is 24.2 Å². The lowest BCUT2D eigenvalue weighted by molar-refractivity contribution is 0.726. The van der Waals surface area contributed by atoms with E-state index < -0.39 is 0 Å². The second-order valence-corrected chi connectivity index (χ2v) is 5.23. The van der Waals surface area contributed by atoms with Crippen LogP contribution in [-0.4, -0.2) is 9.55 Å². The van der Waals surface area contributed by atoms with Gasteiger partial charge in [-0.25, -0.2) is 4.98 Å². The maximum absolute atomic E-state index is 4.45. The lowest BCUT2D eigenvalue weighted by atomic mass is 10.2. The van der Waals surface area contributed by atoms with Gasteiger partial charge in [-0.1, -0.05) is 28.1 Å². The van der Waals surface area contributed by atoms with Gasteiger partial charge in [0.05, 0.1) is 0 Å². The molecule has 2 aromatic rings. The Balaban J connectivity index is 1.85. The molecule has 3 rings (SSSR count). The Kier molecular flexibility index (Phi) is 2.56. The predicted molar refractivity (Wildman–Crippen MR) is 67.4 cm³/mol. The van der Waals surface area contributed by atoms with Crippen molar-refractivity contribution in [1.29, 1.82) is 0 Å². The minimum atomic E-state index is 0.710. The Labute approximate surface area is 103 Å². The van der Waals surface area contributed by atoms with E-state index in [0.717, 1.165) is 11.0 Å². The van der Waals surface area contributed by atoms with Gasteiger partial charge in [0.25, 0.3) is 0 Å². The molecule has 0 bridgehead atoms. The van der Waals surface area contributed by atoms with Gasteiger partial charge in [-0.2, -0.15) is 0 Å². The first kappa shape index (κ1) is 10.1. The van der Waals surface area contributed by atoms with Crippen LogP contribution in [-0.2, 0) is 6.54 Å². The van der Waals surface area contributed by atoms with Crippen molar-refractivity contribution in [2.24, 2.45) is 0 Å². The molecule has 0 saturated heterocycles. The van der Waals surface area contributed by atoms with Gasteiger partial charge >= 0.3 is 0 Å². The third kappa shape index (κ3) is 2.05. The van der Waals surface area contributed by atoms with Crippen LogP contribution in [0.2, 0.25) is 0 Å². The number of imidazole rings is 1. The summed E-state index contributed by atoms with van der Waals surface area (Å²) in [5, 5.41) is 0. The zero-order valence-corrected chi connectivity index (χ0v) is 10.5. The Morgan fingerprint density at radius 2 is 2.25 bits per heavy atom. The van der Waals surface area contributed by atoms with E-state index in [9.17, 15) is 0 Å². The molecule has 0 unspecified atom stereocenters. The second-order valence-electron chi connectivity index (χ2n) is 4.32. The highest BCUT2D eigenvalue weighted by molar-refractivity contribution is 9.10. The monoisotopic (exact) mass is 276 g/mol. The molecule has 0 spiro atoms. The van der Waals surface area contributed by atoms with Crippen molar-refractivity contribution in [3.8, 4) is 0 Å². The molecule has 1 saturated carbocycles. The Hall–Kier alpha value is -1.09. The van der Waals surface area contributed by atoms with Gasteiger partial charge in [0, 0.05) is 29.3 Å². The van der Waals surface area contributed by atoms with E-state index in [4.69, 9.17) is 0 Å². The van der Waals surface area contributed by atoms with Gasteiger partial charge in [-0.3, -0.25) is 0 Å². The maximum Gasteiger partial charge on any atom is 0.112 e. The zero-order valence-electron chi connectivity index (χ0n) is 8.94. The Morgan fingerprint density at radius 1 is 1.38 bits per heavy atom. The Bertz CT molecular complexity index is 500. The molecular formula is C13H13BrN2. The average molecular weight is 277 g/mol. The van der Waals surface area contributed by atoms with Crippen molar-refractivity contribution >= 4 is 15.9 Å². The molecule has 0 N–H and O–H groups in total. The fraction of sp³-hybridized carbons (Fsp3) is 0.308. The van der Waals surface area contributed by atoms with Crippen LogP contribution in [0.3, 0.4) is 0 Å². The first-order valence-corrected chi connectivity index (χ1v) is 6.38. The minimum Gasteiger partial charge on any atom is -0.330 e. The standard InChI is InChI=1S/C13H13BrN2/c14-12-3-1-2-10(8-12)9-16-7-6-15-13(16)11-4-5-11/h1-3,6-8,11H,4-5,9H2. The average Bonchev–Trinajstić information content (AvgIpc) is 3.00.